The Kier molecular flexibility index (Phi) is 3.55. The lowest BCUT2D eigenvalue weighted by Gasteiger charge is -2.20. The molecule has 0 saturated heterocycles. The SMILES string of the molecule is Cc1ccc2c(c1)=C(c1ccccc1)CC(c1ccccc1)N=2. The standard InChI is InChI=1S/C22H19N/c1-16-12-13-21-20(14-16)19(17-8-4-2-5-9-17)15-22(23-21)18-10-6-3-7-11-18/h2-14,22H,15H2,1H3. The van der Waals surface area contributed by atoms with E-state index in [4.69, 9.17) is 4.99 Å². The van der Waals surface area contributed by atoms with Gasteiger partial charge in [-0.2, -0.15) is 0 Å². The van der Waals surface area contributed by atoms with E-state index >= 15 is 0 Å². The van der Waals surface area contributed by atoms with Crippen molar-refractivity contribution in [1.82, 2.24) is 0 Å². The molecule has 23 heavy (non-hydrogen) atoms. The predicted octanol–water partition coefficient (Wildman–Crippen LogP) is 3.96. The van der Waals surface area contributed by atoms with Gasteiger partial charge < -0.3 is 0 Å². The van der Waals surface area contributed by atoms with Gasteiger partial charge in [0.05, 0.1) is 11.4 Å². The number of hydrogen-bond donors (Lipinski definition) is 0. The van der Waals surface area contributed by atoms with Crippen LogP contribution in [-0.4, -0.2) is 0 Å². The molecule has 1 atom stereocenters. The molecule has 112 valence electrons. The molecular weight excluding hydrogens is 278 g/mol. The van der Waals surface area contributed by atoms with Crippen LogP contribution in [0.1, 0.15) is 29.2 Å². The van der Waals surface area contributed by atoms with Crippen LogP contribution in [0.15, 0.2) is 83.9 Å². The summed E-state index contributed by atoms with van der Waals surface area (Å²) in [5.74, 6) is 0. The molecule has 0 radical (unpaired) electrons. The van der Waals surface area contributed by atoms with Gasteiger partial charge in [0.25, 0.3) is 0 Å². The first-order valence-corrected chi connectivity index (χ1v) is 8.09. The van der Waals surface area contributed by atoms with Crippen LogP contribution in [0.25, 0.3) is 5.57 Å². The van der Waals surface area contributed by atoms with Gasteiger partial charge in [0.15, 0.2) is 0 Å². The van der Waals surface area contributed by atoms with Gasteiger partial charge in [-0.25, -0.2) is 0 Å². The second kappa shape index (κ2) is 5.85. The first-order chi connectivity index (χ1) is 11.3. The van der Waals surface area contributed by atoms with Crippen molar-refractivity contribution in [2.45, 2.75) is 19.4 Å². The van der Waals surface area contributed by atoms with E-state index in [0.29, 0.717) is 0 Å². The maximum Gasteiger partial charge on any atom is 0.0797 e. The number of nitrogens with zero attached hydrogens (tertiary/aromatic N) is 1. The maximum absolute atomic E-state index is 5.01. The summed E-state index contributed by atoms with van der Waals surface area (Å²) in [5, 5.41) is 2.39. The number of benzene rings is 3. The summed E-state index contributed by atoms with van der Waals surface area (Å²) in [6.07, 6.45) is 0.949. The highest BCUT2D eigenvalue weighted by molar-refractivity contribution is 5.66. The van der Waals surface area contributed by atoms with Crippen molar-refractivity contribution in [3.63, 3.8) is 0 Å². The smallest absolute Gasteiger partial charge is 0.0797 e. The van der Waals surface area contributed by atoms with Crippen molar-refractivity contribution in [1.29, 1.82) is 0 Å². The van der Waals surface area contributed by atoms with Crippen LogP contribution in [0.2, 0.25) is 0 Å². The summed E-state index contributed by atoms with van der Waals surface area (Å²) in [4.78, 5) is 5.01. The Labute approximate surface area is 136 Å². The minimum Gasteiger partial charge on any atom is -0.276 e. The van der Waals surface area contributed by atoms with E-state index in [1.165, 1.54) is 27.5 Å². The molecule has 0 amide bonds. The molecule has 0 N–H and O–H groups in total. The fourth-order valence-corrected chi connectivity index (χ4v) is 3.30. The minimum atomic E-state index is 0.196. The van der Waals surface area contributed by atoms with Crippen LogP contribution in [-0.2, 0) is 0 Å². The number of rotatable bonds is 2. The van der Waals surface area contributed by atoms with E-state index in [1.807, 2.05) is 0 Å². The van der Waals surface area contributed by atoms with E-state index in [0.717, 1.165) is 11.8 Å². The minimum absolute atomic E-state index is 0.196. The largest absolute Gasteiger partial charge is 0.276 e. The van der Waals surface area contributed by atoms with Gasteiger partial charge in [-0.1, -0.05) is 72.3 Å². The Bertz CT molecular complexity index is 940. The number of fused-ring (bicyclic) bond motifs is 1. The summed E-state index contributed by atoms with van der Waals surface area (Å²) < 4.78 is 0. The molecule has 4 rings (SSSR count). The Morgan fingerprint density at radius 1 is 0.826 bits per heavy atom. The third-order valence-corrected chi connectivity index (χ3v) is 4.48. The topological polar surface area (TPSA) is 12.4 Å². The average molecular weight is 297 g/mol. The average Bonchev–Trinajstić information content (AvgIpc) is 2.62. The third kappa shape index (κ3) is 2.70. The number of hydrogen-bond acceptors (Lipinski definition) is 1. The molecule has 1 aliphatic rings. The van der Waals surface area contributed by atoms with Gasteiger partial charge in [-0.15, -0.1) is 0 Å². The van der Waals surface area contributed by atoms with Gasteiger partial charge in [0.2, 0.25) is 0 Å². The van der Waals surface area contributed by atoms with Crippen LogP contribution in [0, 0.1) is 6.92 Å². The highest BCUT2D eigenvalue weighted by Gasteiger charge is 2.18. The molecule has 1 aliphatic heterocycles. The zero-order valence-corrected chi connectivity index (χ0v) is 13.2. The van der Waals surface area contributed by atoms with Crippen molar-refractivity contribution < 1.29 is 0 Å². The fraction of sp³-hybridized carbons (Fsp3) is 0.136. The normalized spacial score (nSPS) is 16.6. The summed E-state index contributed by atoms with van der Waals surface area (Å²) in [5.41, 5.74) is 5.26. The van der Waals surface area contributed by atoms with Crippen molar-refractivity contribution in [2.75, 3.05) is 0 Å². The molecule has 1 heteroatoms. The summed E-state index contributed by atoms with van der Waals surface area (Å²) in [6.45, 7) is 2.15. The molecule has 0 fully saturated rings. The van der Waals surface area contributed by atoms with E-state index < -0.39 is 0 Å². The molecule has 0 aliphatic carbocycles. The molecular formula is C22H19N. The van der Waals surface area contributed by atoms with Crippen LogP contribution in [0.3, 0.4) is 0 Å². The van der Waals surface area contributed by atoms with Crippen LogP contribution in [0.5, 0.6) is 0 Å². The van der Waals surface area contributed by atoms with Gasteiger partial charge in [-0.05, 0) is 35.8 Å². The predicted molar refractivity (Wildman–Crippen MR) is 94.7 cm³/mol. The van der Waals surface area contributed by atoms with Gasteiger partial charge >= 0.3 is 0 Å². The lowest BCUT2D eigenvalue weighted by atomic mass is 9.90. The fourth-order valence-electron chi connectivity index (χ4n) is 3.30. The van der Waals surface area contributed by atoms with Crippen molar-refractivity contribution in [3.8, 4) is 0 Å². The van der Waals surface area contributed by atoms with Crippen molar-refractivity contribution in [2.24, 2.45) is 4.99 Å². The maximum atomic E-state index is 5.01. The van der Waals surface area contributed by atoms with Crippen molar-refractivity contribution in [3.05, 3.63) is 106 Å². The van der Waals surface area contributed by atoms with E-state index in [9.17, 15) is 0 Å². The third-order valence-electron chi connectivity index (χ3n) is 4.48. The molecule has 0 spiro atoms. The molecule has 1 nitrogen and oxygen atoms in total. The molecule has 0 aromatic heterocycles. The van der Waals surface area contributed by atoms with E-state index in [2.05, 4.69) is 85.8 Å². The lowest BCUT2D eigenvalue weighted by molar-refractivity contribution is 0.711. The van der Waals surface area contributed by atoms with Gasteiger partial charge in [-0.3, -0.25) is 4.99 Å². The second-order valence-electron chi connectivity index (χ2n) is 6.12. The Morgan fingerprint density at radius 3 is 2.26 bits per heavy atom. The molecule has 0 saturated carbocycles. The van der Waals surface area contributed by atoms with Gasteiger partial charge in [0, 0.05) is 11.6 Å². The van der Waals surface area contributed by atoms with E-state index in [1.54, 1.807) is 0 Å². The lowest BCUT2D eigenvalue weighted by Crippen LogP contribution is -2.32. The monoisotopic (exact) mass is 297 g/mol. The first-order valence-electron chi connectivity index (χ1n) is 8.09. The summed E-state index contributed by atoms with van der Waals surface area (Å²) >= 11 is 0. The van der Waals surface area contributed by atoms with Crippen LogP contribution in [0.4, 0.5) is 0 Å². The quantitative estimate of drug-likeness (QED) is 0.679. The molecule has 3 aromatic rings. The first kappa shape index (κ1) is 14.0. The Hall–Kier alpha value is -2.67. The molecule has 1 heterocycles. The van der Waals surface area contributed by atoms with Crippen molar-refractivity contribution >= 4 is 5.57 Å². The molecule has 1 unspecified atom stereocenters. The Balaban J connectivity index is 1.94. The van der Waals surface area contributed by atoms with Crippen LogP contribution >= 0.6 is 0 Å². The highest BCUT2D eigenvalue weighted by atomic mass is 14.8. The van der Waals surface area contributed by atoms with Gasteiger partial charge in [0.1, 0.15) is 0 Å². The zero-order chi connectivity index (χ0) is 15.6. The van der Waals surface area contributed by atoms with Crippen LogP contribution < -0.4 is 10.6 Å². The summed E-state index contributed by atoms with van der Waals surface area (Å²) in [6, 6.07) is 28.1. The second-order valence-corrected chi connectivity index (χ2v) is 6.12. The molecule has 0 bridgehead atoms. The zero-order valence-electron chi connectivity index (χ0n) is 13.2. The van der Waals surface area contributed by atoms with E-state index in [-0.39, 0.29) is 6.04 Å². The highest BCUT2D eigenvalue weighted by Crippen LogP contribution is 2.29. The molecule has 3 aromatic carbocycles. The Morgan fingerprint density at radius 2 is 1.52 bits per heavy atom. The summed E-state index contributed by atoms with van der Waals surface area (Å²) in [7, 11) is 0. The number of aryl methyl sites for hydroxylation is 1.